The quantitative estimate of drug-likeness (QED) is 0.0149. The number of nitro groups is 1. The number of hydrogen-bond donors (Lipinski definition) is 3. The number of nitrogens with zero attached hydrogens (tertiary/aromatic N) is 7. The Bertz CT molecular complexity index is 3970. The van der Waals surface area contributed by atoms with Crippen molar-refractivity contribution in [2.45, 2.75) is 114 Å². The molecular formula is C63H75Cl3FN8O17PS2. The number of terminal acetylenes is 1. The molecule has 0 bridgehead atoms. The monoisotopic (exact) mass is 1430 g/mol. The molecule has 4 heterocycles. The van der Waals surface area contributed by atoms with E-state index in [0.717, 1.165) is 72.2 Å². The van der Waals surface area contributed by atoms with Gasteiger partial charge < -0.3 is 44.3 Å². The second kappa shape index (κ2) is 34.5. The predicted octanol–water partition coefficient (Wildman–Crippen LogP) is 8.83. The molecule has 1 aliphatic carbocycles. The SMILES string of the molecule is C#CCN1C(=O)COc2cc(F)c(N=c3snc4n3CC(C)(C)C4)cc21.CC1COc2ccccc2N1C(=O)C(Cl)Cl.CCc1cccc(C)c1N(C(=O)CCl)C(C)COC.CP(=O)(O)CCC(N)C(=O)O.CS(=O)(=O)c1ccc(C(=O)C2C(=O)CCCC2=O)c([N+](=O)[O-])c1. The Hall–Kier alpha value is -7.45. The van der Waals surface area contributed by atoms with E-state index in [1.807, 2.05) is 61.7 Å². The molecule has 1 saturated carbocycles. The predicted molar refractivity (Wildman–Crippen MR) is 359 cm³/mol. The minimum Gasteiger partial charge on any atom is -0.489 e. The Morgan fingerprint density at radius 1 is 1.05 bits per heavy atom. The number of carbonyl (C=O) groups excluding carboxylic acids is 6. The van der Waals surface area contributed by atoms with Gasteiger partial charge in [-0.1, -0.05) is 80.2 Å². The maximum atomic E-state index is 14.5. The molecule has 5 aromatic rings. The number of amides is 3. The van der Waals surface area contributed by atoms with E-state index in [9.17, 15) is 61.0 Å². The van der Waals surface area contributed by atoms with Gasteiger partial charge in [0.15, 0.2) is 51.8 Å². The number of carboxylic acid groups (broad SMARTS) is 1. The Morgan fingerprint density at radius 2 is 1.72 bits per heavy atom. The normalized spacial score (nSPS) is 16.9. The number of aliphatic carboxylic acids is 1. The molecule has 1 fully saturated rings. The van der Waals surface area contributed by atoms with Crippen LogP contribution in [-0.2, 0) is 67.3 Å². The van der Waals surface area contributed by atoms with Crippen molar-refractivity contribution < 1.29 is 80.1 Å². The first-order valence-electron chi connectivity index (χ1n) is 29.5. The van der Waals surface area contributed by atoms with Gasteiger partial charge in [-0.15, -0.1) is 18.0 Å². The van der Waals surface area contributed by atoms with Crippen molar-refractivity contribution in [1.82, 2.24) is 8.94 Å². The summed E-state index contributed by atoms with van der Waals surface area (Å²) < 4.78 is 70.6. The number of anilines is 3. The molecule has 0 spiro atoms. The number of carboxylic acids is 1. The fraction of sp³-hybridized carbons (Fsp3) is 0.444. The number of rotatable bonds is 17. The average Bonchev–Trinajstić information content (AvgIpc) is 1.76. The van der Waals surface area contributed by atoms with Crippen molar-refractivity contribution in [2.75, 3.05) is 73.1 Å². The van der Waals surface area contributed by atoms with Crippen molar-refractivity contribution in [3.05, 3.63) is 116 Å². The van der Waals surface area contributed by atoms with Crippen LogP contribution in [0.3, 0.4) is 0 Å². The second-order valence-corrected chi connectivity index (χ2v) is 29.9. The molecule has 0 radical (unpaired) electrons. The van der Waals surface area contributed by atoms with E-state index in [1.165, 1.54) is 35.2 Å². The number of ketones is 3. The molecule has 4 atom stereocenters. The number of hydrogen-bond acceptors (Lipinski definition) is 19. The molecule has 4 aliphatic rings. The molecule has 95 heavy (non-hydrogen) atoms. The summed E-state index contributed by atoms with van der Waals surface area (Å²) in [6, 6.07) is 17.8. The van der Waals surface area contributed by atoms with Crippen molar-refractivity contribution in [3.63, 3.8) is 0 Å². The van der Waals surface area contributed by atoms with E-state index < -0.39 is 79.3 Å². The number of nitrogens with two attached hydrogens (primary N) is 1. The third-order valence-corrected chi connectivity index (χ3v) is 18.4. The second-order valence-electron chi connectivity index (χ2n) is 23.2. The number of aryl methyl sites for hydroxylation is 2. The van der Waals surface area contributed by atoms with Gasteiger partial charge in [-0.2, -0.15) is 4.37 Å². The zero-order valence-electron chi connectivity index (χ0n) is 53.6. The first-order chi connectivity index (χ1) is 44.5. The summed E-state index contributed by atoms with van der Waals surface area (Å²) >= 11 is 18.3. The summed E-state index contributed by atoms with van der Waals surface area (Å²) in [4.78, 5) is 110. The Labute approximate surface area is 568 Å². The standard InChI is InChI=1S/C18H17FN4O2S.C15H22ClNO2.C14H13NO7S.C11H11Cl2NO2.C5H12NO4P/c1-4-5-22-13-7-12(11(19)6-14(13)25-9-16(22)24)20-17-23-10-18(2,3)8-15(23)21-26-17;1-5-13-8-6-7-11(2)15(13)17(14(18)9-16)12(3)10-19-4;1-23(21,22)8-5-6-9(10(7-8)15(19)20)14(18)13-11(16)3-2-4-12(13)17;1-7-6-16-9-5-3-2-4-8(9)14(7)11(15)10(12)13;1-11(9,10)3-2-4(6)5(7)8/h1,6-7H,5,8-10H2,2-3H3;6-8,12H,5,9-10H2,1-4H3;5-7,13H,2-4H2,1H3;2-5,7,10H,6H2,1H3;4H,2-3,6H2,1H3,(H,7,8)(H,9,10). The summed E-state index contributed by atoms with van der Waals surface area (Å²) in [5, 5.41) is 19.4. The minimum atomic E-state index is -3.70. The molecule has 25 nitrogen and oxygen atoms in total. The van der Waals surface area contributed by atoms with Crippen LogP contribution in [0.1, 0.15) is 87.6 Å². The number of Topliss-reactive ketones (excluding diaryl/α,β-unsaturated/α-hetero) is 3. The number of alkyl halides is 3. The van der Waals surface area contributed by atoms with Crippen LogP contribution in [-0.4, -0.2) is 155 Å². The highest BCUT2D eigenvalue weighted by atomic mass is 35.5. The Morgan fingerprint density at radius 3 is 2.29 bits per heavy atom. The molecule has 4 N–H and O–H groups in total. The Balaban J connectivity index is 0.000000221. The molecule has 4 unspecified atom stereocenters. The maximum Gasteiger partial charge on any atom is 0.320 e. The summed E-state index contributed by atoms with van der Waals surface area (Å²) in [6.45, 7) is 15.1. The van der Waals surface area contributed by atoms with Crippen molar-refractivity contribution in [2.24, 2.45) is 22.1 Å². The number of benzene rings is 4. The topological polar surface area (TPSA) is 348 Å². The van der Waals surface area contributed by atoms with Crippen LogP contribution >= 0.6 is 53.7 Å². The molecule has 9 rings (SSSR count). The number of methoxy groups -OCH3 is 1. The van der Waals surface area contributed by atoms with E-state index in [1.54, 1.807) is 16.9 Å². The zero-order valence-corrected chi connectivity index (χ0v) is 58.4. The van der Waals surface area contributed by atoms with Gasteiger partial charge in [-0.05, 0) is 86.9 Å². The van der Waals surface area contributed by atoms with Gasteiger partial charge in [0, 0.05) is 75.7 Å². The lowest BCUT2D eigenvalue weighted by atomic mass is 9.81. The summed E-state index contributed by atoms with van der Waals surface area (Å²) in [5.74, 6) is -1.57. The van der Waals surface area contributed by atoms with E-state index in [-0.39, 0.29) is 90.3 Å². The van der Waals surface area contributed by atoms with E-state index in [2.05, 4.69) is 42.1 Å². The fourth-order valence-electron chi connectivity index (χ4n) is 10.3. The highest BCUT2D eigenvalue weighted by molar-refractivity contribution is 7.90. The lowest BCUT2D eigenvalue weighted by Gasteiger charge is -2.35. The summed E-state index contributed by atoms with van der Waals surface area (Å²) in [7, 11) is -5.16. The first-order valence-corrected chi connectivity index (χ1v) is 35.8. The van der Waals surface area contributed by atoms with Crippen molar-refractivity contribution in [3.8, 4) is 23.8 Å². The van der Waals surface area contributed by atoms with Gasteiger partial charge in [-0.3, -0.25) is 53.1 Å². The largest absolute Gasteiger partial charge is 0.489 e. The van der Waals surface area contributed by atoms with Gasteiger partial charge in [-0.25, -0.2) is 17.8 Å². The van der Waals surface area contributed by atoms with Crippen molar-refractivity contribution in [1.29, 1.82) is 0 Å². The average molecular weight is 1440 g/mol. The minimum absolute atomic E-state index is 0.0223. The number of para-hydroxylation sites is 3. The van der Waals surface area contributed by atoms with Crippen LogP contribution < -0.4 is 34.7 Å². The molecule has 3 amide bonds. The smallest absolute Gasteiger partial charge is 0.320 e. The van der Waals surface area contributed by atoms with E-state index in [4.69, 9.17) is 71.2 Å². The van der Waals surface area contributed by atoms with Crippen LogP contribution in [0.4, 0.5) is 32.8 Å². The molecular weight excluding hydrogens is 1360 g/mol. The number of sulfone groups is 1. The van der Waals surface area contributed by atoms with Crippen LogP contribution in [0.15, 0.2) is 82.7 Å². The fourth-order valence-corrected chi connectivity index (χ4v) is 12.8. The number of halogens is 4. The third-order valence-electron chi connectivity index (χ3n) is 14.9. The number of carbonyl (C=O) groups is 7. The van der Waals surface area contributed by atoms with Gasteiger partial charge in [0.25, 0.3) is 17.5 Å². The lowest BCUT2D eigenvalue weighted by Crippen LogP contribution is -2.47. The lowest BCUT2D eigenvalue weighted by molar-refractivity contribution is -0.385. The molecule has 3 aliphatic heterocycles. The van der Waals surface area contributed by atoms with Crippen LogP contribution in [0.2, 0.25) is 0 Å². The molecule has 514 valence electrons. The summed E-state index contributed by atoms with van der Waals surface area (Å²) in [5.41, 5.74) is 8.53. The van der Waals surface area contributed by atoms with Crippen LogP contribution in [0, 0.1) is 46.5 Å². The van der Waals surface area contributed by atoms with Crippen LogP contribution in [0.25, 0.3) is 0 Å². The Kier molecular flexibility index (Phi) is 28.4. The van der Waals surface area contributed by atoms with E-state index >= 15 is 0 Å². The number of aromatic nitrogens is 2. The van der Waals surface area contributed by atoms with Crippen LogP contribution in [0.5, 0.6) is 11.5 Å². The van der Waals surface area contributed by atoms with Crippen molar-refractivity contribution >= 4 is 133 Å². The maximum absolute atomic E-state index is 14.5. The number of ether oxygens (including phenoxy) is 3. The molecule has 32 heteroatoms. The van der Waals surface area contributed by atoms with Gasteiger partial charge in [0.1, 0.15) is 47.5 Å². The highest BCUT2D eigenvalue weighted by Crippen LogP contribution is 2.39. The van der Waals surface area contributed by atoms with Gasteiger partial charge >= 0.3 is 5.97 Å². The number of nitro benzene ring substituents is 1. The summed E-state index contributed by atoms with van der Waals surface area (Å²) in [6.07, 6.45) is 8.46. The van der Waals surface area contributed by atoms with Gasteiger partial charge in [0.2, 0.25) is 10.7 Å². The highest BCUT2D eigenvalue weighted by Gasteiger charge is 2.40. The molecule has 0 saturated heterocycles. The number of fused-ring (bicyclic) bond motifs is 3. The third kappa shape index (κ3) is 21.0. The first kappa shape index (κ1) is 78.2. The zero-order chi connectivity index (χ0) is 71.0. The molecule has 4 aromatic carbocycles. The molecule has 1 aromatic heterocycles. The van der Waals surface area contributed by atoms with E-state index in [0.29, 0.717) is 41.6 Å². The van der Waals surface area contributed by atoms with Gasteiger partial charge in [0.05, 0.1) is 57.7 Å².